The minimum absolute atomic E-state index is 0.320. The normalized spacial score (nSPS) is 11.9. The first-order valence-corrected chi connectivity index (χ1v) is 11.7. The summed E-state index contributed by atoms with van der Waals surface area (Å²) in [5.74, 6) is 0. The lowest BCUT2D eigenvalue weighted by atomic mass is 10.2. The molecule has 144 valence electrons. The van der Waals surface area contributed by atoms with E-state index < -0.39 is 7.92 Å². The maximum atomic E-state index is 2.28. The number of nitrogens with zero attached hydrogens (tertiary/aromatic N) is 2. The van der Waals surface area contributed by atoms with Crippen LogP contribution in [0.4, 0.5) is 0 Å². The van der Waals surface area contributed by atoms with Gasteiger partial charge in [0.05, 0.1) is 33.2 Å². The maximum absolute atomic E-state index is 2.28. The molecule has 4 heteroatoms. The molecule has 0 heterocycles. The Morgan fingerprint density at radius 1 is 0.750 bits per heavy atom. The lowest BCUT2D eigenvalue weighted by Crippen LogP contribution is -2.28. The van der Waals surface area contributed by atoms with Gasteiger partial charge in [-0.2, -0.15) is 0 Å². The van der Waals surface area contributed by atoms with Crippen molar-refractivity contribution in [3.05, 3.63) is 96.6 Å². The molecule has 3 rings (SSSR count). The molecule has 0 aromatic heterocycles. The lowest BCUT2D eigenvalue weighted by molar-refractivity contribution is -0.466. The minimum Gasteiger partial charge on any atom is -0.262 e. The summed E-state index contributed by atoms with van der Waals surface area (Å²) in [6.07, 6.45) is 0. The van der Waals surface area contributed by atoms with Gasteiger partial charge in [0.25, 0.3) is 0 Å². The third-order valence-electron chi connectivity index (χ3n) is 4.37. The summed E-state index contributed by atoms with van der Waals surface area (Å²) in [6.45, 7) is 0. The van der Waals surface area contributed by atoms with Crippen LogP contribution in [0.2, 0.25) is 0 Å². The molecule has 28 heavy (non-hydrogen) atoms. The first-order chi connectivity index (χ1) is 13.6. The van der Waals surface area contributed by atoms with Gasteiger partial charge in [-0.05, 0) is 35.9 Å². The SMILES string of the molecule is CN(C)C(SC(c1ccccc1)P(c1ccccc1)c1ccccc1)=[N+](C)C. The lowest BCUT2D eigenvalue weighted by Gasteiger charge is -2.29. The zero-order valence-corrected chi connectivity index (χ0v) is 18.7. The molecule has 0 radical (unpaired) electrons. The Balaban J connectivity index is 2.16. The molecule has 0 aliphatic heterocycles. The Hall–Kier alpha value is -2.09. The molecule has 0 saturated heterocycles. The molecule has 0 N–H and O–H groups in total. The summed E-state index contributed by atoms with van der Waals surface area (Å²) in [4.78, 5) is 2.53. The van der Waals surface area contributed by atoms with Gasteiger partial charge in [-0.15, -0.1) is 0 Å². The summed E-state index contributed by atoms with van der Waals surface area (Å²) in [5.41, 5.74) is 1.37. The Kier molecular flexibility index (Phi) is 7.30. The van der Waals surface area contributed by atoms with E-state index in [0.29, 0.717) is 4.99 Å². The molecular formula is C24H28N2PS+. The van der Waals surface area contributed by atoms with Crippen LogP contribution in [0.25, 0.3) is 0 Å². The fraction of sp³-hybridized carbons (Fsp3) is 0.208. The fourth-order valence-corrected chi connectivity index (χ4v) is 7.84. The van der Waals surface area contributed by atoms with Gasteiger partial charge in [-0.1, -0.05) is 91.0 Å². The van der Waals surface area contributed by atoms with Crippen LogP contribution >= 0.6 is 19.7 Å². The van der Waals surface area contributed by atoms with E-state index in [0.717, 1.165) is 0 Å². The molecule has 0 saturated carbocycles. The minimum atomic E-state index is -0.584. The summed E-state index contributed by atoms with van der Waals surface area (Å²) in [5, 5.41) is 4.07. The number of hydrogen-bond donors (Lipinski definition) is 0. The maximum Gasteiger partial charge on any atom is 0.308 e. The predicted octanol–water partition coefficient (Wildman–Crippen LogP) is 4.74. The van der Waals surface area contributed by atoms with Crippen molar-refractivity contribution in [2.45, 2.75) is 4.99 Å². The fourth-order valence-electron chi connectivity index (χ4n) is 3.20. The number of hydrogen-bond acceptors (Lipinski definition) is 1. The van der Waals surface area contributed by atoms with E-state index in [4.69, 9.17) is 0 Å². The van der Waals surface area contributed by atoms with E-state index in [1.807, 2.05) is 11.8 Å². The number of thioether (sulfide) groups is 1. The standard InChI is InChI=1S/C24H28N2PS/c1-25(2)24(26(3)4)28-23(20-14-8-5-9-15-20)27(21-16-10-6-11-17-21)22-18-12-7-13-19-22/h5-19,23H,1-4H3/q+1. The van der Waals surface area contributed by atoms with Crippen LogP contribution in [-0.2, 0) is 0 Å². The summed E-state index contributed by atoms with van der Waals surface area (Å²) < 4.78 is 2.21. The first-order valence-electron chi connectivity index (χ1n) is 9.40. The highest BCUT2D eigenvalue weighted by Gasteiger charge is 2.31. The highest BCUT2D eigenvalue weighted by Crippen LogP contribution is 2.56. The number of rotatable bonds is 5. The monoisotopic (exact) mass is 407 g/mol. The number of benzene rings is 3. The Morgan fingerprint density at radius 3 is 1.57 bits per heavy atom. The Morgan fingerprint density at radius 2 is 1.18 bits per heavy atom. The Labute approximate surface area is 174 Å². The molecule has 0 fully saturated rings. The van der Waals surface area contributed by atoms with Crippen molar-refractivity contribution in [3.8, 4) is 0 Å². The summed E-state index contributed by atoms with van der Waals surface area (Å²) in [6, 6.07) is 32.9. The van der Waals surface area contributed by atoms with Crippen molar-refractivity contribution >= 4 is 35.5 Å². The average molecular weight is 408 g/mol. The van der Waals surface area contributed by atoms with Crippen LogP contribution in [-0.4, -0.2) is 42.8 Å². The second kappa shape index (κ2) is 9.91. The van der Waals surface area contributed by atoms with Gasteiger partial charge in [0.15, 0.2) is 0 Å². The van der Waals surface area contributed by atoms with E-state index in [9.17, 15) is 0 Å². The van der Waals surface area contributed by atoms with Gasteiger partial charge >= 0.3 is 5.17 Å². The molecule has 0 aliphatic rings. The van der Waals surface area contributed by atoms with Gasteiger partial charge in [0, 0.05) is 0 Å². The quantitative estimate of drug-likeness (QED) is 0.261. The molecule has 1 unspecified atom stereocenters. The van der Waals surface area contributed by atoms with E-state index in [1.165, 1.54) is 21.3 Å². The third kappa shape index (κ3) is 5.04. The van der Waals surface area contributed by atoms with Crippen LogP contribution < -0.4 is 10.6 Å². The molecule has 0 aliphatic carbocycles. The summed E-state index contributed by atoms with van der Waals surface area (Å²) >= 11 is 1.95. The average Bonchev–Trinajstić information content (AvgIpc) is 2.72. The van der Waals surface area contributed by atoms with Crippen molar-refractivity contribution in [3.63, 3.8) is 0 Å². The van der Waals surface area contributed by atoms with Gasteiger partial charge in [0.2, 0.25) is 0 Å². The van der Waals surface area contributed by atoms with Crippen LogP contribution in [0.5, 0.6) is 0 Å². The predicted molar refractivity (Wildman–Crippen MR) is 127 cm³/mol. The van der Waals surface area contributed by atoms with Crippen LogP contribution in [0.3, 0.4) is 0 Å². The second-order valence-corrected chi connectivity index (χ2v) is 10.7. The smallest absolute Gasteiger partial charge is 0.262 e. The largest absolute Gasteiger partial charge is 0.308 e. The second-order valence-electron chi connectivity index (χ2n) is 6.99. The van der Waals surface area contributed by atoms with Crippen molar-refractivity contribution in [1.29, 1.82) is 0 Å². The molecular weight excluding hydrogens is 379 g/mol. The molecule has 3 aromatic carbocycles. The zero-order chi connectivity index (χ0) is 19.9. The molecule has 3 aromatic rings. The first kappa shape index (κ1) is 20.6. The van der Waals surface area contributed by atoms with Gasteiger partial charge < -0.3 is 0 Å². The molecule has 0 spiro atoms. The molecule has 2 nitrogen and oxygen atoms in total. The highest BCUT2D eigenvalue weighted by molar-refractivity contribution is 8.18. The molecule has 0 bridgehead atoms. The summed E-state index contributed by atoms with van der Waals surface area (Å²) in [7, 11) is 7.91. The van der Waals surface area contributed by atoms with E-state index in [1.54, 1.807) is 0 Å². The topological polar surface area (TPSA) is 6.25 Å². The third-order valence-corrected chi connectivity index (χ3v) is 9.23. The van der Waals surface area contributed by atoms with Crippen molar-refractivity contribution < 1.29 is 4.58 Å². The Bertz CT molecular complexity index is 852. The van der Waals surface area contributed by atoms with Gasteiger partial charge in [-0.25, -0.2) is 0 Å². The van der Waals surface area contributed by atoms with E-state index >= 15 is 0 Å². The van der Waals surface area contributed by atoms with Crippen molar-refractivity contribution in [2.24, 2.45) is 0 Å². The van der Waals surface area contributed by atoms with E-state index in [2.05, 4.69) is 129 Å². The van der Waals surface area contributed by atoms with Crippen molar-refractivity contribution in [2.75, 3.05) is 28.2 Å². The van der Waals surface area contributed by atoms with Crippen LogP contribution in [0, 0.1) is 0 Å². The molecule has 1 atom stereocenters. The van der Waals surface area contributed by atoms with Gasteiger partial charge in [-0.3, -0.25) is 9.48 Å². The van der Waals surface area contributed by atoms with Gasteiger partial charge in [0.1, 0.15) is 0 Å². The zero-order valence-electron chi connectivity index (χ0n) is 17.0. The number of amidine groups is 1. The van der Waals surface area contributed by atoms with Crippen LogP contribution in [0.15, 0.2) is 91.0 Å². The van der Waals surface area contributed by atoms with Crippen molar-refractivity contribution in [1.82, 2.24) is 4.90 Å². The van der Waals surface area contributed by atoms with Crippen LogP contribution in [0.1, 0.15) is 10.6 Å². The highest BCUT2D eigenvalue weighted by atomic mass is 32.2. The molecule has 0 amide bonds. The van der Waals surface area contributed by atoms with E-state index in [-0.39, 0.29) is 0 Å².